The molecule has 0 fully saturated rings. The first kappa shape index (κ1) is 12.3. The van der Waals surface area contributed by atoms with Crippen molar-refractivity contribution in [3.63, 3.8) is 0 Å². The fourth-order valence-corrected chi connectivity index (χ4v) is 2.64. The number of nitrogens with one attached hydrogen (secondary N) is 2. The molecule has 0 aromatic carbocycles. The highest BCUT2D eigenvalue weighted by atomic mass is 15.3. The summed E-state index contributed by atoms with van der Waals surface area (Å²) in [6, 6.07) is 0. The molecular weight excluding hydrogens is 212 g/mol. The molecule has 4 heteroatoms. The molecule has 0 radical (unpaired) electrons. The van der Waals surface area contributed by atoms with Gasteiger partial charge in [-0.25, -0.2) is 0 Å². The maximum atomic E-state index is 4.43. The van der Waals surface area contributed by atoms with Gasteiger partial charge in [-0.15, -0.1) is 0 Å². The monoisotopic (exact) mass is 236 g/mol. The third-order valence-electron chi connectivity index (χ3n) is 3.25. The Morgan fingerprint density at radius 1 is 1.29 bits per heavy atom. The lowest BCUT2D eigenvalue weighted by Crippen LogP contribution is -2.24. The van der Waals surface area contributed by atoms with Crippen LogP contribution in [0.2, 0.25) is 0 Å². The highest BCUT2D eigenvalue weighted by Gasteiger charge is 2.23. The molecule has 0 spiro atoms. The van der Waals surface area contributed by atoms with Gasteiger partial charge in [0, 0.05) is 20.1 Å². The van der Waals surface area contributed by atoms with Crippen LogP contribution in [-0.4, -0.2) is 22.9 Å². The van der Waals surface area contributed by atoms with Crippen molar-refractivity contribution < 1.29 is 0 Å². The van der Waals surface area contributed by atoms with Crippen LogP contribution < -0.4 is 10.6 Å². The minimum Gasteiger partial charge on any atom is -0.380 e. The van der Waals surface area contributed by atoms with Gasteiger partial charge in [-0.3, -0.25) is 4.68 Å². The van der Waals surface area contributed by atoms with E-state index in [2.05, 4.69) is 43.4 Å². The van der Waals surface area contributed by atoms with Crippen molar-refractivity contribution in [2.45, 2.75) is 34.1 Å². The van der Waals surface area contributed by atoms with Crippen LogP contribution in [0.5, 0.6) is 0 Å². The molecule has 2 N–H and O–H groups in total. The van der Waals surface area contributed by atoms with Gasteiger partial charge in [-0.2, -0.15) is 5.10 Å². The van der Waals surface area contributed by atoms with Gasteiger partial charge >= 0.3 is 0 Å². The van der Waals surface area contributed by atoms with Crippen LogP contribution in [0.25, 0.3) is 0 Å². The van der Waals surface area contributed by atoms with Gasteiger partial charge in [0.05, 0.1) is 5.69 Å². The van der Waals surface area contributed by atoms with E-state index in [9.17, 15) is 0 Å². The number of rotatable bonds is 1. The average molecular weight is 236 g/mol. The zero-order valence-electron chi connectivity index (χ0n) is 11.6. The number of aryl methyl sites for hydroxylation is 2. The quantitative estimate of drug-likeness (QED) is 0.787. The Kier molecular flexibility index (Phi) is 3.06. The van der Waals surface area contributed by atoms with Crippen molar-refractivity contribution in [2.75, 3.05) is 23.7 Å². The maximum absolute atomic E-state index is 4.43. The van der Waals surface area contributed by atoms with Crippen LogP contribution in [0.1, 0.15) is 32.9 Å². The number of aromatic nitrogens is 2. The predicted octanol–water partition coefficient (Wildman–Crippen LogP) is 2.62. The molecule has 1 unspecified atom stereocenters. The number of fused-ring (bicyclic) bond motifs is 1. The molecule has 1 aromatic rings. The van der Waals surface area contributed by atoms with E-state index in [0.717, 1.165) is 24.6 Å². The zero-order valence-corrected chi connectivity index (χ0v) is 11.6. The molecule has 0 aliphatic carbocycles. The van der Waals surface area contributed by atoms with Gasteiger partial charge in [0.15, 0.2) is 0 Å². The molecule has 1 aliphatic heterocycles. The van der Waals surface area contributed by atoms with E-state index in [0.29, 0.717) is 11.3 Å². The van der Waals surface area contributed by atoms with E-state index in [1.807, 2.05) is 11.7 Å². The van der Waals surface area contributed by atoms with Gasteiger partial charge in [0.1, 0.15) is 11.5 Å². The Bertz CT molecular complexity index is 372. The molecule has 0 amide bonds. The smallest absolute Gasteiger partial charge is 0.147 e. The third-order valence-corrected chi connectivity index (χ3v) is 3.25. The first-order valence-corrected chi connectivity index (χ1v) is 6.38. The molecule has 1 aliphatic rings. The molecule has 1 aromatic heterocycles. The minimum atomic E-state index is 0.387. The van der Waals surface area contributed by atoms with E-state index in [1.54, 1.807) is 0 Å². The maximum Gasteiger partial charge on any atom is 0.147 e. The first-order valence-electron chi connectivity index (χ1n) is 6.38. The van der Waals surface area contributed by atoms with Gasteiger partial charge in [0.2, 0.25) is 0 Å². The Hall–Kier alpha value is -1.19. The molecule has 96 valence electrons. The van der Waals surface area contributed by atoms with Crippen LogP contribution in [0.4, 0.5) is 11.5 Å². The van der Waals surface area contributed by atoms with Crippen LogP contribution >= 0.6 is 0 Å². The van der Waals surface area contributed by atoms with Gasteiger partial charge < -0.3 is 10.6 Å². The summed E-state index contributed by atoms with van der Waals surface area (Å²) in [6.07, 6.45) is 1.23. The first-order chi connectivity index (χ1) is 7.87. The summed E-state index contributed by atoms with van der Waals surface area (Å²) in [5.74, 6) is 1.79. The Morgan fingerprint density at radius 2 is 1.94 bits per heavy atom. The summed E-state index contributed by atoms with van der Waals surface area (Å²) in [5.41, 5.74) is 2.63. The molecule has 4 nitrogen and oxygen atoms in total. The average Bonchev–Trinajstić information content (AvgIpc) is 2.34. The lowest BCUT2D eigenvalue weighted by atomic mass is 9.84. The van der Waals surface area contributed by atoms with E-state index in [4.69, 9.17) is 0 Å². The molecule has 17 heavy (non-hydrogen) atoms. The summed E-state index contributed by atoms with van der Waals surface area (Å²) < 4.78 is 1.93. The minimum absolute atomic E-state index is 0.387. The number of hydrogen-bond donors (Lipinski definition) is 2. The second-order valence-electron chi connectivity index (χ2n) is 6.33. The van der Waals surface area contributed by atoms with Crippen LogP contribution in [0, 0.1) is 18.3 Å². The van der Waals surface area contributed by atoms with Crippen molar-refractivity contribution in [1.29, 1.82) is 0 Å². The van der Waals surface area contributed by atoms with Gasteiger partial charge in [-0.1, -0.05) is 20.8 Å². The molecular formula is C13H24N4. The van der Waals surface area contributed by atoms with Crippen LogP contribution in [-0.2, 0) is 7.05 Å². The SMILES string of the molecule is Cc1nn(C)c2c1NCC(CC(C)(C)C)CN2. The third kappa shape index (κ3) is 2.73. The van der Waals surface area contributed by atoms with Gasteiger partial charge in [0.25, 0.3) is 0 Å². The van der Waals surface area contributed by atoms with Crippen molar-refractivity contribution >= 4 is 11.5 Å². The largest absolute Gasteiger partial charge is 0.380 e. The fourth-order valence-electron chi connectivity index (χ4n) is 2.64. The summed E-state index contributed by atoms with van der Waals surface area (Å²) in [7, 11) is 1.99. The zero-order chi connectivity index (χ0) is 12.6. The summed E-state index contributed by atoms with van der Waals surface area (Å²) >= 11 is 0. The standard InChI is InChI=1S/C13H24N4/c1-9-11-12(17(5)16-9)15-8-10(7-14-11)6-13(2,3)4/h10,14-15H,6-8H2,1-5H3. The molecule has 2 rings (SSSR count). The lowest BCUT2D eigenvalue weighted by molar-refractivity contribution is 0.310. The molecule has 0 bridgehead atoms. The second kappa shape index (κ2) is 4.24. The summed E-state index contributed by atoms with van der Waals surface area (Å²) in [6.45, 7) is 11.0. The molecule has 0 saturated heterocycles. The summed E-state index contributed by atoms with van der Waals surface area (Å²) in [5, 5.41) is 11.5. The number of anilines is 2. The topological polar surface area (TPSA) is 41.9 Å². The van der Waals surface area contributed by atoms with Crippen molar-refractivity contribution in [3.8, 4) is 0 Å². The van der Waals surface area contributed by atoms with Crippen molar-refractivity contribution in [3.05, 3.63) is 5.69 Å². The molecule has 1 atom stereocenters. The molecule has 2 heterocycles. The summed E-state index contributed by atoms with van der Waals surface area (Å²) in [4.78, 5) is 0. The fraction of sp³-hybridized carbons (Fsp3) is 0.769. The van der Waals surface area contributed by atoms with Crippen LogP contribution in [0.15, 0.2) is 0 Å². The Morgan fingerprint density at radius 3 is 2.59 bits per heavy atom. The Balaban J connectivity index is 2.09. The second-order valence-corrected chi connectivity index (χ2v) is 6.33. The number of nitrogens with zero attached hydrogens (tertiary/aromatic N) is 2. The lowest BCUT2D eigenvalue weighted by Gasteiger charge is -2.25. The molecule has 0 saturated carbocycles. The van der Waals surface area contributed by atoms with Crippen molar-refractivity contribution in [2.24, 2.45) is 18.4 Å². The normalized spacial score (nSPS) is 20.2. The van der Waals surface area contributed by atoms with Crippen LogP contribution in [0.3, 0.4) is 0 Å². The Labute approximate surface area is 104 Å². The van der Waals surface area contributed by atoms with Crippen molar-refractivity contribution in [1.82, 2.24) is 9.78 Å². The van der Waals surface area contributed by atoms with E-state index >= 15 is 0 Å². The van der Waals surface area contributed by atoms with Gasteiger partial charge in [-0.05, 0) is 24.7 Å². The number of hydrogen-bond acceptors (Lipinski definition) is 3. The van der Waals surface area contributed by atoms with E-state index in [1.165, 1.54) is 12.1 Å². The van der Waals surface area contributed by atoms with E-state index in [-0.39, 0.29) is 0 Å². The highest BCUT2D eigenvalue weighted by Crippen LogP contribution is 2.31. The predicted molar refractivity (Wildman–Crippen MR) is 72.5 cm³/mol. The highest BCUT2D eigenvalue weighted by molar-refractivity contribution is 5.68. The van der Waals surface area contributed by atoms with E-state index < -0.39 is 0 Å².